The molecule has 0 saturated heterocycles. The number of hydrogen-bond donors (Lipinski definition) is 2. The van der Waals surface area contributed by atoms with Gasteiger partial charge >= 0.3 is 0 Å². The third-order valence-corrected chi connectivity index (χ3v) is 6.41. The van der Waals surface area contributed by atoms with Crippen LogP contribution in [0.3, 0.4) is 0 Å². The zero-order valence-electron chi connectivity index (χ0n) is 16.9. The number of rotatable bonds is 7. The maximum Gasteiger partial charge on any atom is 0.288 e. The Labute approximate surface area is 178 Å². The summed E-state index contributed by atoms with van der Waals surface area (Å²) in [4.78, 5) is 41.4. The van der Waals surface area contributed by atoms with Crippen molar-refractivity contribution in [2.45, 2.75) is 44.3 Å². The van der Waals surface area contributed by atoms with Gasteiger partial charge in [0, 0.05) is 6.42 Å². The molecule has 1 aliphatic heterocycles. The fraction of sp³-hybridized carbons (Fsp3) is 0.421. The summed E-state index contributed by atoms with van der Waals surface area (Å²) in [5, 5.41) is 6.44. The van der Waals surface area contributed by atoms with Crippen molar-refractivity contribution < 1.29 is 27.2 Å². The maximum absolute atomic E-state index is 13.1. The molecule has 2 aromatic rings. The van der Waals surface area contributed by atoms with Gasteiger partial charge in [0.1, 0.15) is 18.0 Å². The maximum atomic E-state index is 13.1. The summed E-state index contributed by atoms with van der Waals surface area (Å²) in [7, 11) is -4.11. The lowest BCUT2D eigenvalue weighted by molar-refractivity contribution is -0.142. The average Bonchev–Trinajstić information content (AvgIpc) is 3.15. The summed E-state index contributed by atoms with van der Waals surface area (Å²) in [6.07, 6.45) is 0.921. The minimum Gasteiger partial charge on any atom is -0.342 e. The molecule has 1 aromatic heterocycles. The van der Waals surface area contributed by atoms with Crippen molar-refractivity contribution in [3.8, 4) is 0 Å². The van der Waals surface area contributed by atoms with Crippen molar-refractivity contribution in [1.29, 1.82) is 0 Å². The van der Waals surface area contributed by atoms with Crippen molar-refractivity contribution in [2.24, 2.45) is 11.8 Å². The second-order valence-corrected chi connectivity index (χ2v) is 9.28. The lowest BCUT2D eigenvalue weighted by atomic mass is 9.90. The number of aromatic nitrogens is 3. The van der Waals surface area contributed by atoms with E-state index in [9.17, 15) is 27.2 Å². The lowest BCUT2D eigenvalue weighted by Gasteiger charge is -2.24. The van der Waals surface area contributed by atoms with Gasteiger partial charge in [0.2, 0.25) is 15.8 Å². The van der Waals surface area contributed by atoms with Crippen LogP contribution in [0.5, 0.6) is 0 Å². The number of benzene rings is 1. The van der Waals surface area contributed by atoms with Gasteiger partial charge in [-0.1, -0.05) is 13.8 Å². The zero-order chi connectivity index (χ0) is 22.8. The Kier molecular flexibility index (Phi) is 6.60. The van der Waals surface area contributed by atoms with Gasteiger partial charge in [0.05, 0.1) is 29.9 Å². The second kappa shape index (κ2) is 9.02. The van der Waals surface area contributed by atoms with Gasteiger partial charge in [-0.25, -0.2) is 27.2 Å². The molecule has 2 unspecified atom stereocenters. The lowest BCUT2D eigenvalue weighted by Crippen LogP contribution is -2.47. The fourth-order valence-electron chi connectivity index (χ4n) is 3.25. The van der Waals surface area contributed by atoms with Crippen LogP contribution in [0, 0.1) is 17.7 Å². The number of sulfonamides is 1. The van der Waals surface area contributed by atoms with Crippen LogP contribution < -0.4 is 10.0 Å². The Hall–Kier alpha value is -2.99. The first-order valence-corrected chi connectivity index (χ1v) is 11.1. The molecule has 0 spiro atoms. The Morgan fingerprint density at radius 1 is 1.29 bits per heavy atom. The number of halogens is 1. The highest BCUT2D eigenvalue weighted by Gasteiger charge is 2.35. The Morgan fingerprint density at radius 3 is 2.61 bits per heavy atom. The molecule has 0 radical (unpaired) electrons. The van der Waals surface area contributed by atoms with E-state index in [4.69, 9.17) is 0 Å². The van der Waals surface area contributed by atoms with E-state index in [-0.39, 0.29) is 24.4 Å². The molecule has 12 heteroatoms. The van der Waals surface area contributed by atoms with Crippen LogP contribution in [0.2, 0.25) is 0 Å². The van der Waals surface area contributed by atoms with Crippen molar-refractivity contribution in [2.75, 3.05) is 0 Å². The van der Waals surface area contributed by atoms with E-state index in [1.165, 1.54) is 11.0 Å². The van der Waals surface area contributed by atoms with Gasteiger partial charge in [0.15, 0.2) is 5.78 Å². The summed E-state index contributed by atoms with van der Waals surface area (Å²) in [5.41, 5.74) is 0. The van der Waals surface area contributed by atoms with Gasteiger partial charge in [-0.3, -0.25) is 14.4 Å². The summed E-state index contributed by atoms with van der Waals surface area (Å²) < 4.78 is 42.2. The molecule has 166 valence electrons. The molecular formula is C19H22FN5O5S. The number of nitrogens with one attached hydrogen (secondary N) is 2. The predicted molar refractivity (Wildman–Crippen MR) is 105 cm³/mol. The summed E-state index contributed by atoms with van der Waals surface area (Å²) in [6, 6.07) is 3.04. The molecular weight excluding hydrogens is 429 g/mol. The van der Waals surface area contributed by atoms with Crippen LogP contribution in [0.15, 0.2) is 35.5 Å². The molecule has 0 saturated carbocycles. The van der Waals surface area contributed by atoms with Gasteiger partial charge < -0.3 is 5.32 Å². The number of amides is 1. The second-order valence-electron chi connectivity index (χ2n) is 7.57. The monoisotopic (exact) mass is 451 g/mol. The first kappa shape index (κ1) is 22.7. The first-order valence-electron chi connectivity index (χ1n) is 9.58. The molecule has 1 aromatic carbocycles. The van der Waals surface area contributed by atoms with Gasteiger partial charge in [-0.2, -0.15) is 5.10 Å². The molecule has 31 heavy (non-hydrogen) atoms. The van der Waals surface area contributed by atoms with E-state index in [2.05, 4.69) is 20.1 Å². The Morgan fingerprint density at radius 2 is 1.97 bits per heavy atom. The fourth-order valence-corrected chi connectivity index (χ4v) is 4.62. The van der Waals surface area contributed by atoms with Crippen LogP contribution in [-0.2, 0) is 37.5 Å². The van der Waals surface area contributed by atoms with E-state index in [0.29, 0.717) is 5.82 Å². The highest BCUT2D eigenvalue weighted by molar-refractivity contribution is 7.89. The van der Waals surface area contributed by atoms with Crippen molar-refractivity contribution in [3.63, 3.8) is 0 Å². The summed E-state index contributed by atoms with van der Waals surface area (Å²) in [5.74, 6) is -3.78. The SMILES string of the molecule is CC(C)C(NS(=O)(=O)c1ccc(F)cc1)C(=O)CC1Cn2ncnc2CNC(=O)C1=O. The van der Waals surface area contributed by atoms with Gasteiger partial charge in [0.25, 0.3) is 5.91 Å². The van der Waals surface area contributed by atoms with Crippen LogP contribution >= 0.6 is 0 Å². The normalized spacial score (nSPS) is 18.1. The third kappa shape index (κ3) is 5.20. The average molecular weight is 451 g/mol. The van der Waals surface area contributed by atoms with Crippen LogP contribution in [0.4, 0.5) is 4.39 Å². The smallest absolute Gasteiger partial charge is 0.288 e. The molecule has 3 rings (SSSR count). The van der Waals surface area contributed by atoms with Crippen molar-refractivity contribution >= 4 is 27.5 Å². The molecule has 0 aliphatic carbocycles. The molecule has 1 amide bonds. The van der Waals surface area contributed by atoms with E-state index >= 15 is 0 Å². The minimum absolute atomic E-state index is 0.0249. The topological polar surface area (TPSA) is 140 Å². The molecule has 0 bridgehead atoms. The molecule has 2 heterocycles. The number of nitrogens with zero attached hydrogens (tertiary/aromatic N) is 3. The number of hydrogen-bond acceptors (Lipinski definition) is 7. The van der Waals surface area contributed by atoms with E-state index in [0.717, 1.165) is 24.3 Å². The predicted octanol–water partition coefficient (Wildman–Crippen LogP) is 0.195. The zero-order valence-corrected chi connectivity index (χ0v) is 17.7. The summed E-state index contributed by atoms with van der Waals surface area (Å²) >= 11 is 0. The van der Waals surface area contributed by atoms with E-state index < -0.39 is 51.2 Å². The van der Waals surface area contributed by atoms with Gasteiger partial charge in [-0.05, 0) is 30.2 Å². The molecule has 0 fully saturated rings. The molecule has 10 nitrogen and oxygen atoms in total. The van der Waals surface area contributed by atoms with Gasteiger partial charge in [-0.15, -0.1) is 0 Å². The quantitative estimate of drug-likeness (QED) is 0.573. The summed E-state index contributed by atoms with van der Waals surface area (Å²) in [6.45, 7) is 3.32. The number of ketones is 2. The minimum atomic E-state index is -4.11. The molecule has 1 aliphatic rings. The highest BCUT2D eigenvalue weighted by atomic mass is 32.2. The Bertz CT molecular complexity index is 1100. The molecule has 2 N–H and O–H groups in total. The van der Waals surface area contributed by atoms with Crippen LogP contribution in [0.25, 0.3) is 0 Å². The van der Waals surface area contributed by atoms with Crippen molar-refractivity contribution in [1.82, 2.24) is 24.8 Å². The van der Waals surface area contributed by atoms with E-state index in [1.54, 1.807) is 13.8 Å². The largest absolute Gasteiger partial charge is 0.342 e. The van der Waals surface area contributed by atoms with E-state index in [1.807, 2.05) is 0 Å². The number of Topliss-reactive ketones (excluding diaryl/α,β-unsaturated/α-hetero) is 2. The number of carbonyl (C=O) groups excluding carboxylic acids is 3. The van der Waals surface area contributed by atoms with Crippen molar-refractivity contribution in [3.05, 3.63) is 42.2 Å². The third-order valence-electron chi connectivity index (χ3n) is 4.96. The van der Waals surface area contributed by atoms with Crippen LogP contribution in [-0.4, -0.2) is 46.7 Å². The molecule has 2 atom stereocenters. The van der Waals surface area contributed by atoms with Crippen LogP contribution in [0.1, 0.15) is 26.1 Å². The number of fused-ring (bicyclic) bond motifs is 1. The number of carbonyl (C=O) groups is 3. The standard InChI is InChI=1S/C19H22FN5O5S/c1-11(2)17(24-31(29,30)14-5-3-13(20)4-6-14)15(26)7-12-9-25-16(22-10-23-25)8-21-19(28)18(12)27/h3-6,10-12,17,24H,7-9H2,1-2H3,(H,21,28). The first-order chi connectivity index (χ1) is 14.6. The Balaban J connectivity index is 1.80. The highest BCUT2D eigenvalue weighted by Crippen LogP contribution is 2.18.